The average molecular weight is 461 g/mol. The summed E-state index contributed by atoms with van der Waals surface area (Å²) in [6.07, 6.45) is 15.5. The third-order valence-corrected chi connectivity index (χ3v) is 7.37. The second-order valence-electron chi connectivity index (χ2n) is 9.69. The number of aromatic nitrogens is 1. The zero-order valence-electron chi connectivity index (χ0n) is 20.3. The van der Waals surface area contributed by atoms with E-state index in [2.05, 4.69) is 42.4 Å². The van der Waals surface area contributed by atoms with Crippen LogP contribution in [0.3, 0.4) is 0 Å². The number of nitrogens with two attached hydrogens (primary N) is 1. The molecule has 6 heteroatoms. The van der Waals surface area contributed by atoms with E-state index in [-0.39, 0.29) is 23.5 Å². The normalized spacial score (nSPS) is 20.6. The molecule has 2 aromatic rings. The fourth-order valence-corrected chi connectivity index (χ4v) is 5.19. The SMILES string of the molecule is C#CC(=O)N1[C@@H](CCCC)Cc2cc(OC)cnc2[C@@H]1c1ccc(NCCC2(N)CCC2)cc1. The summed E-state index contributed by atoms with van der Waals surface area (Å²) in [5, 5.41) is 3.49. The Balaban J connectivity index is 1.62. The van der Waals surface area contributed by atoms with Gasteiger partial charge in [-0.25, -0.2) is 0 Å². The number of hydrogen-bond donors (Lipinski definition) is 2. The molecule has 6 nitrogen and oxygen atoms in total. The van der Waals surface area contributed by atoms with Crippen LogP contribution in [0.25, 0.3) is 0 Å². The van der Waals surface area contributed by atoms with E-state index in [4.69, 9.17) is 21.9 Å². The predicted octanol–water partition coefficient (Wildman–Crippen LogP) is 4.44. The molecule has 2 atom stereocenters. The summed E-state index contributed by atoms with van der Waals surface area (Å²) in [5.74, 6) is 2.81. The van der Waals surface area contributed by atoms with Crippen LogP contribution >= 0.6 is 0 Å². The maximum atomic E-state index is 13.0. The molecule has 0 spiro atoms. The summed E-state index contributed by atoms with van der Waals surface area (Å²) in [6.45, 7) is 3.01. The summed E-state index contributed by atoms with van der Waals surface area (Å²) >= 11 is 0. The number of anilines is 1. The van der Waals surface area contributed by atoms with Crippen molar-refractivity contribution in [2.45, 2.75) is 75.9 Å². The smallest absolute Gasteiger partial charge is 0.299 e. The maximum absolute atomic E-state index is 13.0. The summed E-state index contributed by atoms with van der Waals surface area (Å²) < 4.78 is 5.43. The van der Waals surface area contributed by atoms with Crippen LogP contribution in [0.2, 0.25) is 0 Å². The van der Waals surface area contributed by atoms with Crippen molar-refractivity contribution in [3.63, 3.8) is 0 Å². The molecular weight excluding hydrogens is 424 g/mol. The van der Waals surface area contributed by atoms with Gasteiger partial charge in [-0.3, -0.25) is 9.78 Å². The molecule has 1 fully saturated rings. The number of unbranched alkanes of at least 4 members (excludes halogenated alkanes) is 1. The van der Waals surface area contributed by atoms with Gasteiger partial charge >= 0.3 is 0 Å². The minimum atomic E-state index is -0.323. The van der Waals surface area contributed by atoms with Gasteiger partial charge in [-0.2, -0.15) is 0 Å². The van der Waals surface area contributed by atoms with E-state index < -0.39 is 0 Å². The quantitative estimate of drug-likeness (QED) is 0.541. The lowest BCUT2D eigenvalue weighted by Crippen LogP contribution is -2.47. The summed E-state index contributed by atoms with van der Waals surface area (Å²) in [6, 6.07) is 10.0. The molecule has 4 rings (SSSR count). The lowest BCUT2D eigenvalue weighted by Gasteiger charge is -2.42. The zero-order chi connectivity index (χ0) is 24.1. The Morgan fingerprint density at radius 3 is 2.74 bits per heavy atom. The summed E-state index contributed by atoms with van der Waals surface area (Å²) in [5.41, 5.74) is 10.4. The van der Waals surface area contributed by atoms with Gasteiger partial charge in [0.15, 0.2) is 0 Å². The highest BCUT2D eigenvalue weighted by atomic mass is 16.5. The number of carbonyl (C=O) groups excluding carboxylic acids is 1. The third kappa shape index (κ3) is 5.05. The molecule has 0 bridgehead atoms. The highest BCUT2D eigenvalue weighted by Gasteiger charge is 2.39. The van der Waals surface area contributed by atoms with Gasteiger partial charge in [0.2, 0.25) is 0 Å². The van der Waals surface area contributed by atoms with Crippen molar-refractivity contribution in [2.75, 3.05) is 19.0 Å². The molecule has 0 unspecified atom stereocenters. The molecule has 1 aromatic heterocycles. The minimum Gasteiger partial charge on any atom is -0.495 e. The Hall–Kier alpha value is -3.04. The topological polar surface area (TPSA) is 80.5 Å². The standard InChI is InChI=1S/C28H36N4O2/c1-4-6-8-23-17-21-18-24(34-3)19-31-26(21)27(32(23)25(33)5-2)20-9-11-22(12-10-20)30-16-15-28(29)13-7-14-28/h2,9-12,18-19,23,27,30H,4,6-8,13-17,29H2,1,3H3/t23-,27-/m0/s1. The van der Waals surface area contributed by atoms with Crippen molar-refractivity contribution in [3.8, 4) is 18.1 Å². The van der Waals surface area contributed by atoms with Crippen LogP contribution < -0.4 is 15.8 Å². The van der Waals surface area contributed by atoms with Crippen LogP contribution in [0.4, 0.5) is 5.69 Å². The minimum absolute atomic E-state index is 0.00899. The van der Waals surface area contributed by atoms with E-state index in [0.717, 1.165) is 79.7 Å². The lowest BCUT2D eigenvalue weighted by atomic mass is 9.75. The zero-order valence-corrected chi connectivity index (χ0v) is 20.3. The molecule has 2 heterocycles. The molecule has 2 aliphatic rings. The number of pyridine rings is 1. The van der Waals surface area contributed by atoms with Crippen LogP contribution in [-0.2, 0) is 11.2 Å². The molecule has 0 saturated heterocycles. The van der Waals surface area contributed by atoms with Gasteiger partial charge in [-0.1, -0.05) is 31.9 Å². The van der Waals surface area contributed by atoms with Crippen molar-refractivity contribution >= 4 is 11.6 Å². The number of terminal acetylenes is 1. The van der Waals surface area contributed by atoms with E-state index in [1.54, 1.807) is 13.3 Å². The number of nitrogens with one attached hydrogen (secondary N) is 1. The van der Waals surface area contributed by atoms with Gasteiger partial charge in [-0.05, 0) is 73.8 Å². The van der Waals surface area contributed by atoms with Crippen LogP contribution in [-0.4, -0.2) is 41.0 Å². The first kappa shape index (κ1) is 24.1. The van der Waals surface area contributed by atoms with Gasteiger partial charge in [0, 0.05) is 23.8 Å². The molecule has 180 valence electrons. The van der Waals surface area contributed by atoms with Crippen LogP contribution in [0.15, 0.2) is 36.5 Å². The second kappa shape index (κ2) is 10.5. The van der Waals surface area contributed by atoms with E-state index in [9.17, 15) is 4.79 Å². The highest BCUT2D eigenvalue weighted by molar-refractivity contribution is 5.94. The van der Waals surface area contributed by atoms with Crippen molar-refractivity contribution in [3.05, 3.63) is 53.3 Å². The number of benzene rings is 1. The van der Waals surface area contributed by atoms with Gasteiger partial charge in [0.05, 0.1) is 19.0 Å². The number of fused-ring (bicyclic) bond motifs is 1. The van der Waals surface area contributed by atoms with Crippen molar-refractivity contribution in [2.24, 2.45) is 5.73 Å². The molecule has 1 amide bonds. The van der Waals surface area contributed by atoms with Crippen LogP contribution in [0.1, 0.15) is 74.7 Å². The van der Waals surface area contributed by atoms with Crippen molar-refractivity contribution in [1.82, 2.24) is 9.88 Å². The van der Waals surface area contributed by atoms with Gasteiger partial charge < -0.3 is 20.7 Å². The first-order valence-corrected chi connectivity index (χ1v) is 12.4. The Labute approximate surface area is 203 Å². The number of carbonyl (C=O) groups is 1. The first-order valence-electron chi connectivity index (χ1n) is 12.4. The monoisotopic (exact) mass is 460 g/mol. The molecular formula is C28H36N4O2. The van der Waals surface area contributed by atoms with E-state index in [1.807, 2.05) is 11.0 Å². The Kier molecular flexibility index (Phi) is 7.43. The highest BCUT2D eigenvalue weighted by Crippen LogP contribution is 2.39. The summed E-state index contributed by atoms with van der Waals surface area (Å²) in [7, 11) is 1.65. The molecule has 1 saturated carbocycles. The molecule has 34 heavy (non-hydrogen) atoms. The molecule has 1 aliphatic carbocycles. The Morgan fingerprint density at radius 1 is 1.35 bits per heavy atom. The number of nitrogens with zero attached hydrogens (tertiary/aromatic N) is 2. The number of ether oxygens (including phenoxy) is 1. The van der Waals surface area contributed by atoms with E-state index in [0.29, 0.717) is 0 Å². The largest absolute Gasteiger partial charge is 0.495 e. The number of rotatable bonds is 9. The number of amides is 1. The number of methoxy groups -OCH3 is 1. The van der Waals surface area contributed by atoms with Gasteiger partial charge in [-0.15, -0.1) is 6.42 Å². The molecule has 1 aliphatic heterocycles. The molecule has 3 N–H and O–H groups in total. The summed E-state index contributed by atoms with van der Waals surface area (Å²) in [4.78, 5) is 19.6. The van der Waals surface area contributed by atoms with Gasteiger partial charge in [0.1, 0.15) is 11.8 Å². The maximum Gasteiger partial charge on any atom is 0.299 e. The lowest BCUT2D eigenvalue weighted by molar-refractivity contribution is -0.130. The Bertz CT molecular complexity index is 1040. The van der Waals surface area contributed by atoms with E-state index >= 15 is 0 Å². The third-order valence-electron chi connectivity index (χ3n) is 7.37. The van der Waals surface area contributed by atoms with Gasteiger partial charge in [0.25, 0.3) is 5.91 Å². The fraction of sp³-hybridized carbons (Fsp3) is 0.500. The molecule has 1 aromatic carbocycles. The Morgan fingerprint density at radius 2 is 2.12 bits per heavy atom. The predicted molar refractivity (Wildman–Crippen MR) is 136 cm³/mol. The van der Waals surface area contributed by atoms with E-state index in [1.165, 1.54) is 6.42 Å². The second-order valence-corrected chi connectivity index (χ2v) is 9.69. The average Bonchev–Trinajstić information content (AvgIpc) is 2.85. The number of hydrogen-bond acceptors (Lipinski definition) is 5. The van der Waals surface area contributed by atoms with Crippen LogP contribution in [0.5, 0.6) is 5.75 Å². The first-order chi connectivity index (χ1) is 16.5. The van der Waals surface area contributed by atoms with Crippen molar-refractivity contribution < 1.29 is 9.53 Å². The van der Waals surface area contributed by atoms with Crippen LogP contribution in [0, 0.1) is 12.3 Å². The molecule has 0 radical (unpaired) electrons. The van der Waals surface area contributed by atoms with Crippen molar-refractivity contribution in [1.29, 1.82) is 0 Å². The fourth-order valence-electron chi connectivity index (χ4n) is 5.19.